The summed E-state index contributed by atoms with van der Waals surface area (Å²) in [6.07, 6.45) is 29.4. The zero-order valence-electron chi connectivity index (χ0n) is 51.5. The van der Waals surface area contributed by atoms with Crippen molar-refractivity contribution in [2.75, 3.05) is 33.0 Å². The second kappa shape index (κ2) is 23.6. The molecule has 0 amide bonds. The molecule has 16 rings (SSSR count). The van der Waals surface area contributed by atoms with Gasteiger partial charge in [0.25, 0.3) is 0 Å². The molecule has 16 aliphatic carbocycles. The SMILES string of the molecule is CC(=O)OC1C2CC(C1OC(C)=O)C1C3C=CC(C3)C21.CC(=O)OCC1C(COC(C)=O)C2CC1C1C3C=CC(C3)C21.CC(=O)OCC1C2CC(C1OC(C)=O)C1C3C=CC(C3)C21.CC(=O)OCCC1C(COC(C)=O)C2CC1C1C3C=CC(C3)C21. The van der Waals surface area contributed by atoms with Crippen LogP contribution in [-0.4, -0.2) is 99.1 Å². The highest BCUT2D eigenvalue weighted by Gasteiger charge is 2.69. The molecule has 32 atom stereocenters. The summed E-state index contributed by atoms with van der Waals surface area (Å²) >= 11 is 0. The van der Waals surface area contributed by atoms with Crippen LogP contribution in [0.25, 0.3) is 0 Å². The number of fused-ring (bicyclic) bond motifs is 36. The first kappa shape index (κ1) is 59.7. The van der Waals surface area contributed by atoms with E-state index in [0.29, 0.717) is 140 Å². The van der Waals surface area contributed by atoms with Gasteiger partial charge in [0.15, 0.2) is 0 Å². The zero-order chi connectivity index (χ0) is 60.3. The van der Waals surface area contributed by atoms with Crippen LogP contribution in [0.15, 0.2) is 48.6 Å². The fourth-order valence-corrected chi connectivity index (χ4v) is 24.3. The molecule has 32 unspecified atom stereocenters. The summed E-state index contributed by atoms with van der Waals surface area (Å²) in [6, 6.07) is 0. The highest BCUT2D eigenvalue weighted by atomic mass is 16.6. The lowest BCUT2D eigenvalue weighted by atomic mass is 9.64. The van der Waals surface area contributed by atoms with Gasteiger partial charge in [0.05, 0.1) is 33.0 Å². The lowest BCUT2D eigenvalue weighted by molar-refractivity contribution is -0.175. The molecule has 16 aliphatic rings. The van der Waals surface area contributed by atoms with Crippen molar-refractivity contribution in [1.29, 1.82) is 0 Å². The summed E-state index contributed by atoms with van der Waals surface area (Å²) in [7, 11) is 0. The first-order chi connectivity index (χ1) is 41.2. The quantitative estimate of drug-likeness (QED) is 0.0686. The largest absolute Gasteiger partial charge is 0.466 e. The van der Waals surface area contributed by atoms with Crippen molar-refractivity contribution >= 4 is 47.8 Å². The maximum atomic E-state index is 11.5. The summed E-state index contributed by atoms with van der Waals surface area (Å²) in [5, 5.41) is 0. The van der Waals surface area contributed by atoms with Crippen molar-refractivity contribution in [3.05, 3.63) is 48.6 Å². The van der Waals surface area contributed by atoms with Gasteiger partial charge in [-0.15, -0.1) is 0 Å². The van der Waals surface area contributed by atoms with Crippen LogP contribution in [0.1, 0.15) is 113 Å². The molecule has 0 N–H and O–H groups in total. The summed E-state index contributed by atoms with van der Waals surface area (Å²) in [4.78, 5) is 90.1. The maximum absolute atomic E-state index is 11.5. The van der Waals surface area contributed by atoms with Crippen LogP contribution >= 0.6 is 0 Å². The normalized spacial score (nSPS) is 47.6. The molecule has 12 fully saturated rings. The van der Waals surface area contributed by atoms with Gasteiger partial charge in [0, 0.05) is 90.9 Å². The van der Waals surface area contributed by atoms with Gasteiger partial charge in [0.1, 0.15) is 18.3 Å². The average Bonchev–Trinajstić information content (AvgIpc) is 1.60. The van der Waals surface area contributed by atoms with E-state index in [4.69, 9.17) is 37.9 Å². The van der Waals surface area contributed by atoms with Gasteiger partial charge < -0.3 is 37.9 Å². The summed E-state index contributed by atoms with van der Waals surface area (Å²) in [5.41, 5.74) is 0. The van der Waals surface area contributed by atoms with E-state index in [9.17, 15) is 38.4 Å². The summed E-state index contributed by atoms with van der Waals surface area (Å²) in [5.74, 6) is 16.1. The average molecular weight is 1190 g/mol. The third kappa shape index (κ3) is 10.5. The lowest BCUT2D eigenvalue weighted by Gasteiger charge is -2.41. The molecule has 0 aliphatic heterocycles. The van der Waals surface area contributed by atoms with Crippen LogP contribution in [0.5, 0.6) is 0 Å². The Morgan fingerprint density at radius 2 is 0.500 bits per heavy atom. The fraction of sp³-hybridized carbons (Fsp3) is 0.771. The highest BCUT2D eigenvalue weighted by Crippen LogP contribution is 2.72. The Morgan fingerprint density at radius 1 is 0.267 bits per heavy atom. The topological polar surface area (TPSA) is 210 Å². The summed E-state index contributed by atoms with van der Waals surface area (Å²) in [6.45, 7) is 14.1. The van der Waals surface area contributed by atoms with E-state index in [1.165, 1.54) is 93.9 Å². The van der Waals surface area contributed by atoms with Crippen molar-refractivity contribution < 1.29 is 76.3 Å². The number of ether oxygens (including phenoxy) is 8. The van der Waals surface area contributed by atoms with Crippen LogP contribution in [0.2, 0.25) is 0 Å². The highest BCUT2D eigenvalue weighted by molar-refractivity contribution is 5.69. The van der Waals surface area contributed by atoms with Crippen LogP contribution in [0.3, 0.4) is 0 Å². The van der Waals surface area contributed by atoms with Crippen molar-refractivity contribution in [1.82, 2.24) is 0 Å². The van der Waals surface area contributed by atoms with Gasteiger partial charge in [-0.25, -0.2) is 0 Å². The molecule has 16 nitrogen and oxygen atoms in total. The molecule has 0 heterocycles. The molecular weight excluding hydrogens is 1100 g/mol. The number of hydrogen-bond acceptors (Lipinski definition) is 16. The molecular formula is C70H92O16. The van der Waals surface area contributed by atoms with E-state index in [-0.39, 0.29) is 72.0 Å². The molecule has 0 aromatic carbocycles. The van der Waals surface area contributed by atoms with Crippen molar-refractivity contribution in [2.24, 2.45) is 172 Å². The van der Waals surface area contributed by atoms with Crippen molar-refractivity contribution in [3.8, 4) is 0 Å². The molecule has 468 valence electrons. The van der Waals surface area contributed by atoms with Crippen LogP contribution in [-0.2, 0) is 76.3 Å². The minimum Gasteiger partial charge on any atom is -0.466 e. The monoisotopic (exact) mass is 1190 g/mol. The molecule has 16 heteroatoms. The van der Waals surface area contributed by atoms with E-state index in [2.05, 4.69) is 48.6 Å². The zero-order valence-corrected chi connectivity index (χ0v) is 51.5. The molecule has 86 heavy (non-hydrogen) atoms. The van der Waals surface area contributed by atoms with Crippen LogP contribution in [0, 0.1) is 172 Å². The molecule has 0 saturated heterocycles. The van der Waals surface area contributed by atoms with Crippen LogP contribution in [0.4, 0.5) is 0 Å². The predicted molar refractivity (Wildman–Crippen MR) is 309 cm³/mol. The molecule has 16 bridgehead atoms. The second-order valence-corrected chi connectivity index (χ2v) is 29.5. The molecule has 0 spiro atoms. The minimum atomic E-state index is -0.269. The minimum absolute atomic E-state index is 0.0548. The molecule has 0 aromatic rings. The Kier molecular flexibility index (Phi) is 16.4. The van der Waals surface area contributed by atoms with E-state index in [0.717, 1.165) is 78.4 Å². The molecule has 0 aromatic heterocycles. The van der Waals surface area contributed by atoms with E-state index >= 15 is 0 Å². The third-order valence-corrected chi connectivity index (χ3v) is 25.9. The van der Waals surface area contributed by atoms with Gasteiger partial charge in [0.2, 0.25) is 0 Å². The fourth-order valence-electron chi connectivity index (χ4n) is 24.3. The number of hydrogen-bond donors (Lipinski definition) is 0. The van der Waals surface area contributed by atoms with Gasteiger partial charge >= 0.3 is 47.8 Å². The van der Waals surface area contributed by atoms with Gasteiger partial charge in [-0.2, -0.15) is 0 Å². The predicted octanol–water partition coefficient (Wildman–Crippen LogP) is 9.38. The molecule has 12 saturated carbocycles. The number of carbonyl (C=O) groups excluding carboxylic acids is 8. The number of esters is 8. The number of allylic oxidation sites excluding steroid dienone is 8. The Morgan fingerprint density at radius 3 is 0.814 bits per heavy atom. The lowest BCUT2D eigenvalue weighted by Crippen LogP contribution is -2.47. The molecule has 0 radical (unpaired) electrons. The first-order valence-corrected chi connectivity index (χ1v) is 33.2. The van der Waals surface area contributed by atoms with E-state index in [1.54, 1.807) is 0 Å². The Bertz CT molecular complexity index is 2730. The second-order valence-electron chi connectivity index (χ2n) is 29.5. The first-order valence-electron chi connectivity index (χ1n) is 33.2. The Balaban J connectivity index is 0.000000106. The Hall–Kier alpha value is -5.28. The van der Waals surface area contributed by atoms with Crippen LogP contribution < -0.4 is 0 Å². The standard InChI is InChI=1S/C19H26O4.C18H24O4.C17H22O4.C16H20O4/c1-10(20)22-6-5-14-15-8-16(17(14)9-23-11(2)21)19-13-4-3-12(7-13)18(15)19;1-9(19)21-7-15-13-6-14(16(15)8-22-10(2)20)18-12-4-3-11(5-12)17(13)18;1-8(18)20-7-14-12-6-13(17(14)21-9(2)19)16-11-4-3-10(5-11)15(12)16;1-7(17)19-15-11-6-12(16(15)20-8(2)18)14-10-4-3-9(5-10)13(11)14/h3-4,12-19H,5-9H2,1-2H3;3-4,11-18H,5-8H2,1-2H3;3-4,10-17H,5-7H2,1-2H3;3-4,9-16H,5-6H2,1-2H3. The maximum Gasteiger partial charge on any atom is 0.303 e. The third-order valence-electron chi connectivity index (χ3n) is 25.9. The van der Waals surface area contributed by atoms with Gasteiger partial charge in [-0.3, -0.25) is 38.4 Å². The number of carbonyl (C=O) groups is 8. The van der Waals surface area contributed by atoms with E-state index in [1.807, 2.05) is 0 Å². The number of rotatable bonds is 14. The van der Waals surface area contributed by atoms with Crippen molar-refractivity contribution in [3.63, 3.8) is 0 Å². The van der Waals surface area contributed by atoms with Gasteiger partial charge in [-0.1, -0.05) is 48.6 Å². The van der Waals surface area contributed by atoms with Crippen molar-refractivity contribution in [2.45, 2.75) is 131 Å². The smallest absolute Gasteiger partial charge is 0.303 e. The van der Waals surface area contributed by atoms with Gasteiger partial charge in [-0.05, 0) is 194 Å². The summed E-state index contributed by atoms with van der Waals surface area (Å²) < 4.78 is 43.3. The van der Waals surface area contributed by atoms with E-state index < -0.39 is 0 Å². The Labute approximate surface area is 506 Å².